The van der Waals surface area contributed by atoms with Gasteiger partial charge < -0.3 is 25.0 Å². The van der Waals surface area contributed by atoms with E-state index in [2.05, 4.69) is 22.5 Å². The second-order valence-corrected chi connectivity index (χ2v) is 7.19. The second-order valence-electron chi connectivity index (χ2n) is 6.76. The molecule has 2 rings (SSSR count). The number of benzene rings is 1. The Labute approximate surface area is 168 Å². The van der Waals surface area contributed by atoms with Crippen LogP contribution in [0.25, 0.3) is 0 Å². The van der Waals surface area contributed by atoms with E-state index < -0.39 is 0 Å². The van der Waals surface area contributed by atoms with Gasteiger partial charge in [-0.25, -0.2) is 4.99 Å². The Morgan fingerprint density at radius 2 is 2.07 bits per heavy atom. The Morgan fingerprint density at radius 3 is 2.74 bits per heavy atom. The highest BCUT2D eigenvalue weighted by atomic mass is 35.5. The van der Waals surface area contributed by atoms with E-state index in [1.54, 1.807) is 14.2 Å². The summed E-state index contributed by atoms with van der Waals surface area (Å²) in [5.74, 6) is 1.62. The van der Waals surface area contributed by atoms with E-state index in [4.69, 9.17) is 26.1 Å². The highest BCUT2D eigenvalue weighted by Crippen LogP contribution is 2.23. The van der Waals surface area contributed by atoms with Crippen LogP contribution in [0.1, 0.15) is 31.7 Å². The first kappa shape index (κ1) is 21.8. The van der Waals surface area contributed by atoms with Crippen LogP contribution in [0.3, 0.4) is 0 Å². The summed E-state index contributed by atoms with van der Waals surface area (Å²) < 4.78 is 10.6. The maximum atomic E-state index is 6.04. The Kier molecular flexibility index (Phi) is 9.73. The van der Waals surface area contributed by atoms with Gasteiger partial charge in [0, 0.05) is 56.5 Å². The molecule has 0 bridgehead atoms. The fourth-order valence-corrected chi connectivity index (χ4v) is 3.42. The van der Waals surface area contributed by atoms with E-state index in [0.29, 0.717) is 17.6 Å². The molecule has 0 amide bonds. The van der Waals surface area contributed by atoms with Gasteiger partial charge in [-0.15, -0.1) is 0 Å². The van der Waals surface area contributed by atoms with Crippen LogP contribution < -0.4 is 15.4 Å². The number of hydrogen-bond acceptors (Lipinski definition) is 4. The fraction of sp³-hybridized carbons (Fsp3) is 0.650. The van der Waals surface area contributed by atoms with Gasteiger partial charge in [0.25, 0.3) is 0 Å². The highest BCUT2D eigenvalue weighted by molar-refractivity contribution is 6.30. The molecule has 1 aromatic rings. The summed E-state index contributed by atoms with van der Waals surface area (Å²) in [7, 11) is 3.42. The zero-order valence-electron chi connectivity index (χ0n) is 16.8. The summed E-state index contributed by atoms with van der Waals surface area (Å²) in [5.41, 5.74) is 1.02. The minimum Gasteiger partial charge on any atom is -0.496 e. The van der Waals surface area contributed by atoms with Crippen molar-refractivity contribution in [3.8, 4) is 5.75 Å². The smallest absolute Gasteiger partial charge is 0.191 e. The molecule has 7 heteroatoms. The van der Waals surface area contributed by atoms with E-state index in [1.807, 2.05) is 18.2 Å². The first-order valence-electron chi connectivity index (χ1n) is 9.74. The van der Waals surface area contributed by atoms with Crippen LogP contribution in [0.2, 0.25) is 5.02 Å². The standard InChI is InChI=1S/C20H33ClN4O2/c1-4-22-20(23-15-16-6-7-17(21)14-19(16)27-3)24-18-8-11-25(12-9-18)10-5-13-26-2/h6-7,14,18H,4-5,8-13,15H2,1-3H3,(H2,22,23,24). The lowest BCUT2D eigenvalue weighted by atomic mass is 10.1. The van der Waals surface area contributed by atoms with Crippen LogP contribution in [0, 0.1) is 0 Å². The molecule has 1 aliphatic heterocycles. The van der Waals surface area contributed by atoms with Gasteiger partial charge in [0.2, 0.25) is 0 Å². The third kappa shape index (κ3) is 7.56. The van der Waals surface area contributed by atoms with Crippen molar-refractivity contribution in [1.82, 2.24) is 15.5 Å². The van der Waals surface area contributed by atoms with Gasteiger partial charge in [-0.3, -0.25) is 0 Å². The Bertz CT molecular complexity index is 589. The molecule has 2 N–H and O–H groups in total. The Hall–Kier alpha value is -1.50. The first-order valence-corrected chi connectivity index (χ1v) is 10.1. The topological polar surface area (TPSA) is 58.1 Å². The molecule has 0 aliphatic carbocycles. The monoisotopic (exact) mass is 396 g/mol. The molecule has 1 fully saturated rings. The lowest BCUT2D eigenvalue weighted by Crippen LogP contribution is -2.48. The normalized spacial score (nSPS) is 16.4. The maximum absolute atomic E-state index is 6.04. The fourth-order valence-electron chi connectivity index (χ4n) is 3.26. The average Bonchev–Trinajstić information content (AvgIpc) is 2.68. The molecule has 0 atom stereocenters. The Balaban J connectivity index is 1.87. The van der Waals surface area contributed by atoms with E-state index in [0.717, 1.165) is 69.3 Å². The van der Waals surface area contributed by atoms with E-state index >= 15 is 0 Å². The van der Waals surface area contributed by atoms with Crippen molar-refractivity contribution in [3.63, 3.8) is 0 Å². The number of likely N-dealkylation sites (tertiary alicyclic amines) is 1. The minimum atomic E-state index is 0.452. The summed E-state index contributed by atoms with van der Waals surface area (Å²) in [6.45, 7) is 7.65. The van der Waals surface area contributed by atoms with Crippen molar-refractivity contribution in [2.45, 2.75) is 38.8 Å². The van der Waals surface area contributed by atoms with Crippen molar-refractivity contribution in [1.29, 1.82) is 0 Å². The van der Waals surface area contributed by atoms with Gasteiger partial charge in [-0.05, 0) is 38.3 Å². The molecule has 6 nitrogen and oxygen atoms in total. The van der Waals surface area contributed by atoms with E-state index in [1.165, 1.54) is 0 Å². The molecule has 0 spiro atoms. The zero-order chi connectivity index (χ0) is 19.5. The SMILES string of the molecule is CCNC(=NCc1ccc(Cl)cc1OC)NC1CCN(CCCOC)CC1. The zero-order valence-corrected chi connectivity index (χ0v) is 17.5. The van der Waals surface area contributed by atoms with Crippen molar-refractivity contribution >= 4 is 17.6 Å². The molecule has 1 heterocycles. The second kappa shape index (κ2) is 12.1. The molecule has 152 valence electrons. The predicted molar refractivity (Wildman–Crippen MR) is 112 cm³/mol. The third-order valence-corrected chi connectivity index (χ3v) is 4.99. The number of halogens is 1. The van der Waals surface area contributed by atoms with Crippen molar-refractivity contribution in [3.05, 3.63) is 28.8 Å². The molecule has 27 heavy (non-hydrogen) atoms. The molecule has 0 radical (unpaired) electrons. The summed E-state index contributed by atoms with van der Waals surface area (Å²) in [6, 6.07) is 6.11. The van der Waals surface area contributed by atoms with Gasteiger partial charge in [0.05, 0.1) is 13.7 Å². The minimum absolute atomic E-state index is 0.452. The van der Waals surface area contributed by atoms with Crippen molar-refractivity contribution < 1.29 is 9.47 Å². The first-order chi connectivity index (χ1) is 13.2. The Morgan fingerprint density at radius 1 is 1.30 bits per heavy atom. The number of piperidine rings is 1. The molecular formula is C20H33ClN4O2. The van der Waals surface area contributed by atoms with Gasteiger partial charge in [-0.2, -0.15) is 0 Å². The number of nitrogens with zero attached hydrogens (tertiary/aromatic N) is 2. The molecule has 1 saturated heterocycles. The molecule has 1 aromatic carbocycles. The number of aliphatic imine (C=N–C) groups is 1. The molecular weight excluding hydrogens is 364 g/mol. The average molecular weight is 397 g/mol. The molecule has 0 aromatic heterocycles. The van der Waals surface area contributed by atoms with Gasteiger partial charge in [0.15, 0.2) is 5.96 Å². The van der Waals surface area contributed by atoms with Gasteiger partial charge in [-0.1, -0.05) is 17.7 Å². The summed E-state index contributed by atoms with van der Waals surface area (Å²) in [4.78, 5) is 7.25. The third-order valence-electron chi connectivity index (χ3n) is 4.75. The van der Waals surface area contributed by atoms with Crippen molar-refractivity contribution in [2.24, 2.45) is 4.99 Å². The number of guanidine groups is 1. The quantitative estimate of drug-likeness (QED) is 0.382. The summed E-state index contributed by atoms with van der Waals surface area (Å²) in [6.07, 6.45) is 3.35. The van der Waals surface area contributed by atoms with E-state index in [-0.39, 0.29) is 0 Å². The molecule has 1 aliphatic rings. The van der Waals surface area contributed by atoms with Crippen LogP contribution >= 0.6 is 11.6 Å². The number of ether oxygens (including phenoxy) is 2. The van der Waals surface area contributed by atoms with Crippen LogP contribution in [0.4, 0.5) is 0 Å². The number of hydrogen-bond donors (Lipinski definition) is 2. The predicted octanol–water partition coefficient (Wildman–Crippen LogP) is 2.90. The van der Waals surface area contributed by atoms with E-state index in [9.17, 15) is 0 Å². The number of methoxy groups -OCH3 is 2. The highest BCUT2D eigenvalue weighted by Gasteiger charge is 2.19. The molecule has 0 unspecified atom stereocenters. The van der Waals surface area contributed by atoms with Crippen LogP contribution in [0.5, 0.6) is 5.75 Å². The summed E-state index contributed by atoms with van der Waals surface area (Å²) in [5, 5.41) is 7.60. The van der Waals surface area contributed by atoms with Crippen molar-refractivity contribution in [2.75, 3.05) is 47.0 Å². The lowest BCUT2D eigenvalue weighted by Gasteiger charge is -2.33. The maximum Gasteiger partial charge on any atom is 0.191 e. The van der Waals surface area contributed by atoms with Crippen LogP contribution in [-0.2, 0) is 11.3 Å². The largest absolute Gasteiger partial charge is 0.496 e. The molecule has 0 saturated carbocycles. The number of nitrogens with one attached hydrogen (secondary N) is 2. The van der Waals surface area contributed by atoms with Crippen LogP contribution in [0.15, 0.2) is 23.2 Å². The van der Waals surface area contributed by atoms with Crippen LogP contribution in [-0.4, -0.2) is 63.9 Å². The van der Waals surface area contributed by atoms with Gasteiger partial charge >= 0.3 is 0 Å². The van der Waals surface area contributed by atoms with Gasteiger partial charge in [0.1, 0.15) is 5.75 Å². The summed E-state index contributed by atoms with van der Waals surface area (Å²) >= 11 is 6.04. The lowest BCUT2D eigenvalue weighted by molar-refractivity contribution is 0.155. The number of rotatable bonds is 9.